The minimum absolute atomic E-state index is 0.140. The van der Waals surface area contributed by atoms with Crippen molar-refractivity contribution in [2.45, 2.75) is 25.4 Å². The second kappa shape index (κ2) is 4.99. The summed E-state index contributed by atoms with van der Waals surface area (Å²) in [5.74, 6) is 0. The molecule has 19 heavy (non-hydrogen) atoms. The van der Waals surface area contributed by atoms with Crippen LogP contribution in [0.4, 0.5) is 5.69 Å². The molecule has 2 unspecified atom stereocenters. The zero-order valence-electron chi connectivity index (χ0n) is 10.9. The van der Waals surface area contributed by atoms with Crippen LogP contribution in [0.1, 0.15) is 35.2 Å². The van der Waals surface area contributed by atoms with Crippen LogP contribution in [0.5, 0.6) is 0 Å². The first-order valence-electron chi connectivity index (χ1n) is 6.53. The van der Waals surface area contributed by atoms with Crippen LogP contribution in [0.25, 0.3) is 0 Å². The summed E-state index contributed by atoms with van der Waals surface area (Å²) in [4.78, 5) is 0. The van der Waals surface area contributed by atoms with Gasteiger partial charge >= 0.3 is 0 Å². The van der Waals surface area contributed by atoms with Crippen molar-refractivity contribution in [1.82, 2.24) is 0 Å². The number of halogens is 1. The Morgan fingerprint density at radius 2 is 1.84 bits per heavy atom. The average Bonchev–Trinajstić information content (AvgIpc) is 2.73. The first-order valence-corrected chi connectivity index (χ1v) is 7.32. The number of fused-ring (bicyclic) bond motifs is 1. The number of nitrogens with two attached hydrogens (primary N) is 1. The molecule has 0 amide bonds. The van der Waals surface area contributed by atoms with E-state index in [9.17, 15) is 0 Å². The van der Waals surface area contributed by atoms with Gasteiger partial charge in [-0.25, -0.2) is 0 Å². The molecule has 0 aliphatic heterocycles. The van der Waals surface area contributed by atoms with Gasteiger partial charge in [-0.2, -0.15) is 0 Å². The molecule has 3 N–H and O–H groups in total. The second-order valence-corrected chi connectivity index (χ2v) is 5.93. The van der Waals surface area contributed by atoms with Crippen LogP contribution in [-0.2, 0) is 0 Å². The highest BCUT2D eigenvalue weighted by Gasteiger charge is 2.28. The molecule has 0 saturated carbocycles. The second-order valence-electron chi connectivity index (χ2n) is 5.08. The fraction of sp³-hybridized carbons (Fsp3) is 0.250. The van der Waals surface area contributed by atoms with E-state index in [1.54, 1.807) is 0 Å². The van der Waals surface area contributed by atoms with Crippen LogP contribution in [0.15, 0.2) is 46.9 Å². The van der Waals surface area contributed by atoms with Gasteiger partial charge in [-0.15, -0.1) is 0 Å². The molecule has 0 fully saturated rings. The Morgan fingerprint density at radius 1 is 1.11 bits per heavy atom. The van der Waals surface area contributed by atoms with Crippen LogP contribution in [0.3, 0.4) is 0 Å². The van der Waals surface area contributed by atoms with E-state index in [1.807, 2.05) is 0 Å². The highest BCUT2D eigenvalue weighted by atomic mass is 79.9. The molecule has 2 aromatic rings. The third-order valence-corrected chi connectivity index (χ3v) is 4.72. The Morgan fingerprint density at radius 3 is 2.63 bits per heavy atom. The topological polar surface area (TPSA) is 38.0 Å². The van der Waals surface area contributed by atoms with E-state index < -0.39 is 0 Å². The molecule has 0 radical (unpaired) electrons. The van der Waals surface area contributed by atoms with Crippen molar-refractivity contribution in [2.24, 2.45) is 5.73 Å². The third-order valence-electron chi connectivity index (χ3n) is 3.86. The Balaban J connectivity index is 1.91. The average molecular weight is 317 g/mol. The SMILES string of the molecule is Cc1c(Br)cccc1NC1CC(N)c2ccccc21. The highest BCUT2D eigenvalue weighted by Crippen LogP contribution is 2.39. The molecule has 98 valence electrons. The van der Waals surface area contributed by atoms with E-state index in [4.69, 9.17) is 5.73 Å². The van der Waals surface area contributed by atoms with Crippen LogP contribution in [0, 0.1) is 6.92 Å². The summed E-state index contributed by atoms with van der Waals surface area (Å²) in [6.45, 7) is 2.12. The van der Waals surface area contributed by atoms with Gasteiger partial charge in [0.25, 0.3) is 0 Å². The first kappa shape index (κ1) is 12.7. The number of hydrogen-bond acceptors (Lipinski definition) is 2. The molecule has 0 saturated heterocycles. The number of hydrogen-bond donors (Lipinski definition) is 2. The summed E-state index contributed by atoms with van der Waals surface area (Å²) >= 11 is 3.57. The Kier molecular flexibility index (Phi) is 3.33. The van der Waals surface area contributed by atoms with Crippen molar-refractivity contribution in [1.29, 1.82) is 0 Å². The lowest BCUT2D eigenvalue weighted by atomic mass is 10.1. The fourth-order valence-electron chi connectivity index (χ4n) is 2.76. The molecule has 1 aliphatic carbocycles. The highest BCUT2D eigenvalue weighted by molar-refractivity contribution is 9.10. The van der Waals surface area contributed by atoms with E-state index in [1.165, 1.54) is 22.4 Å². The van der Waals surface area contributed by atoms with Crippen molar-refractivity contribution in [3.63, 3.8) is 0 Å². The maximum absolute atomic E-state index is 6.21. The number of benzene rings is 2. The molecule has 0 heterocycles. The predicted octanol–water partition coefficient (Wildman–Crippen LogP) is 4.31. The summed E-state index contributed by atoms with van der Waals surface area (Å²) in [5.41, 5.74) is 11.2. The van der Waals surface area contributed by atoms with Crippen LogP contribution in [-0.4, -0.2) is 0 Å². The van der Waals surface area contributed by atoms with Gasteiger partial charge in [0.2, 0.25) is 0 Å². The monoisotopic (exact) mass is 316 g/mol. The van der Waals surface area contributed by atoms with Gasteiger partial charge in [0, 0.05) is 16.2 Å². The van der Waals surface area contributed by atoms with E-state index >= 15 is 0 Å². The molecule has 0 spiro atoms. The molecular formula is C16H17BrN2. The summed E-state index contributed by atoms with van der Waals surface area (Å²) < 4.78 is 1.13. The number of anilines is 1. The van der Waals surface area contributed by atoms with Crippen molar-refractivity contribution < 1.29 is 0 Å². The van der Waals surface area contributed by atoms with Crippen molar-refractivity contribution in [3.8, 4) is 0 Å². The first-order chi connectivity index (χ1) is 9.16. The summed E-state index contributed by atoms with van der Waals surface area (Å²) in [5, 5.41) is 3.63. The zero-order chi connectivity index (χ0) is 13.4. The van der Waals surface area contributed by atoms with E-state index in [0.29, 0.717) is 6.04 Å². The van der Waals surface area contributed by atoms with Gasteiger partial charge in [-0.1, -0.05) is 46.3 Å². The van der Waals surface area contributed by atoms with Crippen molar-refractivity contribution >= 4 is 21.6 Å². The molecule has 1 aliphatic rings. The molecule has 0 bridgehead atoms. The van der Waals surface area contributed by atoms with Crippen molar-refractivity contribution in [3.05, 3.63) is 63.6 Å². The van der Waals surface area contributed by atoms with Gasteiger partial charge in [0.05, 0.1) is 6.04 Å². The van der Waals surface area contributed by atoms with Gasteiger partial charge < -0.3 is 11.1 Å². The number of nitrogens with one attached hydrogen (secondary N) is 1. The van der Waals surface area contributed by atoms with Crippen LogP contribution >= 0.6 is 15.9 Å². The maximum Gasteiger partial charge on any atom is 0.0535 e. The smallest absolute Gasteiger partial charge is 0.0535 e. The van der Waals surface area contributed by atoms with E-state index in [0.717, 1.165) is 10.9 Å². The van der Waals surface area contributed by atoms with Crippen molar-refractivity contribution in [2.75, 3.05) is 5.32 Å². The Hall–Kier alpha value is -1.32. The molecular weight excluding hydrogens is 300 g/mol. The lowest BCUT2D eigenvalue weighted by Gasteiger charge is -2.18. The largest absolute Gasteiger partial charge is 0.378 e. The molecule has 0 aromatic heterocycles. The minimum Gasteiger partial charge on any atom is -0.378 e. The standard InChI is InChI=1S/C16H17BrN2/c1-10-13(17)7-4-8-15(10)19-16-9-14(18)11-5-2-3-6-12(11)16/h2-8,14,16,19H,9,18H2,1H3. The quantitative estimate of drug-likeness (QED) is 0.866. The summed E-state index contributed by atoms with van der Waals surface area (Å²) in [6.07, 6.45) is 0.950. The lowest BCUT2D eigenvalue weighted by molar-refractivity contribution is 0.648. The van der Waals surface area contributed by atoms with Gasteiger partial charge in [0.1, 0.15) is 0 Å². The Labute approximate surface area is 122 Å². The molecule has 3 rings (SSSR count). The van der Waals surface area contributed by atoms with E-state index in [2.05, 4.69) is 70.6 Å². The predicted molar refractivity (Wildman–Crippen MR) is 83.2 cm³/mol. The van der Waals surface area contributed by atoms with Gasteiger partial charge in [-0.05, 0) is 42.2 Å². The molecule has 3 heteroatoms. The zero-order valence-corrected chi connectivity index (χ0v) is 12.4. The summed E-state index contributed by atoms with van der Waals surface area (Å²) in [6, 6.07) is 15.1. The van der Waals surface area contributed by atoms with Gasteiger partial charge in [-0.3, -0.25) is 0 Å². The molecule has 2 atom stereocenters. The minimum atomic E-state index is 0.140. The molecule has 2 nitrogen and oxygen atoms in total. The van der Waals surface area contributed by atoms with Crippen LogP contribution in [0.2, 0.25) is 0 Å². The fourth-order valence-corrected chi connectivity index (χ4v) is 3.13. The third kappa shape index (κ3) is 2.28. The summed E-state index contributed by atoms with van der Waals surface area (Å²) in [7, 11) is 0. The normalized spacial score (nSPS) is 21.2. The van der Waals surface area contributed by atoms with Gasteiger partial charge in [0.15, 0.2) is 0 Å². The van der Waals surface area contributed by atoms with E-state index in [-0.39, 0.29) is 6.04 Å². The number of rotatable bonds is 2. The lowest BCUT2D eigenvalue weighted by Crippen LogP contribution is -2.10. The van der Waals surface area contributed by atoms with Crippen LogP contribution < -0.4 is 11.1 Å². The molecule has 2 aromatic carbocycles. The Bertz CT molecular complexity index is 609. The maximum atomic E-state index is 6.21.